The van der Waals surface area contributed by atoms with Gasteiger partial charge >= 0.3 is 0 Å². The second-order valence-electron chi connectivity index (χ2n) is 2.82. The van der Waals surface area contributed by atoms with E-state index in [2.05, 4.69) is 14.3 Å². The SMILES string of the molecule is CS1(=O)=NC(=O)Cc2cncnc21. The molecule has 0 bridgehead atoms. The molecule has 0 aromatic carbocycles. The van der Waals surface area contributed by atoms with Crippen LogP contribution in [0, 0.1) is 0 Å². The third-order valence-electron chi connectivity index (χ3n) is 1.72. The predicted molar refractivity (Wildman–Crippen MR) is 45.5 cm³/mol. The van der Waals surface area contributed by atoms with Crippen molar-refractivity contribution in [1.82, 2.24) is 9.97 Å². The van der Waals surface area contributed by atoms with Gasteiger partial charge < -0.3 is 0 Å². The molecular formula is C7H7N3O2S. The lowest BCUT2D eigenvalue weighted by molar-refractivity contribution is -0.117. The van der Waals surface area contributed by atoms with E-state index in [1.807, 2.05) is 0 Å². The first kappa shape index (κ1) is 8.31. The highest BCUT2D eigenvalue weighted by molar-refractivity contribution is 7.93. The predicted octanol–water partition coefficient (Wildman–Crippen LogP) is 0.0160. The lowest BCUT2D eigenvalue weighted by Gasteiger charge is -2.11. The van der Waals surface area contributed by atoms with E-state index in [1.165, 1.54) is 18.8 Å². The van der Waals surface area contributed by atoms with E-state index in [1.54, 1.807) is 0 Å². The van der Waals surface area contributed by atoms with E-state index in [0.29, 0.717) is 10.6 Å². The van der Waals surface area contributed by atoms with Crippen LogP contribution in [0.4, 0.5) is 0 Å². The van der Waals surface area contributed by atoms with Crippen molar-refractivity contribution in [3.63, 3.8) is 0 Å². The number of hydrogen-bond acceptors (Lipinski definition) is 4. The normalized spacial score (nSPS) is 26.4. The van der Waals surface area contributed by atoms with Gasteiger partial charge in [-0.15, -0.1) is 0 Å². The molecule has 1 aromatic rings. The first-order chi connectivity index (χ1) is 6.09. The van der Waals surface area contributed by atoms with E-state index in [0.717, 1.165) is 0 Å². The zero-order chi connectivity index (χ0) is 9.47. The van der Waals surface area contributed by atoms with Crippen LogP contribution >= 0.6 is 0 Å². The topological polar surface area (TPSA) is 72.3 Å². The van der Waals surface area contributed by atoms with Gasteiger partial charge in [0.25, 0.3) is 5.91 Å². The lowest BCUT2D eigenvalue weighted by Crippen LogP contribution is -2.16. The number of aromatic nitrogens is 2. The van der Waals surface area contributed by atoms with Crippen molar-refractivity contribution in [3.05, 3.63) is 18.1 Å². The average molecular weight is 197 g/mol. The molecule has 0 radical (unpaired) electrons. The summed E-state index contributed by atoms with van der Waals surface area (Å²) >= 11 is 0. The first-order valence-corrected chi connectivity index (χ1v) is 5.56. The Balaban J connectivity index is 2.77. The Morgan fingerprint density at radius 2 is 2.31 bits per heavy atom. The maximum absolute atomic E-state index is 11.8. The fourth-order valence-corrected chi connectivity index (χ4v) is 2.64. The Bertz CT molecular complexity index is 488. The summed E-state index contributed by atoms with van der Waals surface area (Å²) in [5, 5.41) is 0.391. The Hall–Kier alpha value is -1.30. The minimum Gasteiger partial charge on any atom is -0.272 e. The van der Waals surface area contributed by atoms with E-state index >= 15 is 0 Å². The maximum atomic E-state index is 11.8. The van der Waals surface area contributed by atoms with Gasteiger partial charge in [0.15, 0.2) is 0 Å². The average Bonchev–Trinajstić information content (AvgIpc) is 2.02. The van der Waals surface area contributed by atoms with Gasteiger partial charge in [-0.25, -0.2) is 14.2 Å². The van der Waals surface area contributed by atoms with Crippen molar-refractivity contribution in [1.29, 1.82) is 0 Å². The molecule has 1 aliphatic heterocycles. The van der Waals surface area contributed by atoms with E-state index in [4.69, 9.17) is 0 Å². The molecule has 0 saturated carbocycles. The summed E-state index contributed by atoms with van der Waals surface area (Å²) < 4.78 is 15.3. The minimum atomic E-state index is -2.62. The highest BCUT2D eigenvalue weighted by atomic mass is 32.2. The van der Waals surface area contributed by atoms with Crippen molar-refractivity contribution >= 4 is 15.6 Å². The van der Waals surface area contributed by atoms with Gasteiger partial charge in [0.2, 0.25) is 0 Å². The minimum absolute atomic E-state index is 0.154. The molecule has 2 heterocycles. The van der Waals surface area contributed by atoms with Gasteiger partial charge in [0, 0.05) is 18.0 Å². The Labute approximate surface area is 75.4 Å². The molecule has 0 aliphatic carbocycles. The van der Waals surface area contributed by atoms with Crippen molar-refractivity contribution in [2.45, 2.75) is 11.4 Å². The van der Waals surface area contributed by atoms with Crippen molar-refractivity contribution in [3.8, 4) is 0 Å². The molecule has 1 atom stereocenters. The molecule has 1 unspecified atom stereocenters. The molecule has 1 amide bonds. The van der Waals surface area contributed by atoms with E-state index in [-0.39, 0.29) is 12.3 Å². The Morgan fingerprint density at radius 1 is 1.54 bits per heavy atom. The van der Waals surface area contributed by atoms with Gasteiger partial charge in [-0.1, -0.05) is 0 Å². The molecule has 6 heteroatoms. The van der Waals surface area contributed by atoms with E-state index < -0.39 is 9.73 Å². The number of nitrogens with zero attached hydrogens (tertiary/aromatic N) is 3. The summed E-state index contributed by atoms with van der Waals surface area (Å²) in [6.07, 6.45) is 4.39. The van der Waals surface area contributed by atoms with Crippen molar-refractivity contribution < 1.29 is 9.00 Å². The molecule has 0 spiro atoms. The molecule has 1 aliphatic rings. The number of fused-ring (bicyclic) bond motifs is 1. The first-order valence-electron chi connectivity index (χ1n) is 3.63. The van der Waals surface area contributed by atoms with Crippen LogP contribution in [0.5, 0.6) is 0 Å². The Kier molecular flexibility index (Phi) is 1.66. The number of carbonyl (C=O) groups excluding carboxylic acids is 1. The molecule has 13 heavy (non-hydrogen) atoms. The molecule has 2 rings (SSSR count). The Morgan fingerprint density at radius 3 is 3.08 bits per heavy atom. The highest BCUT2D eigenvalue weighted by Gasteiger charge is 2.22. The van der Waals surface area contributed by atoms with Crippen LogP contribution < -0.4 is 0 Å². The third-order valence-corrected chi connectivity index (χ3v) is 3.36. The van der Waals surface area contributed by atoms with Gasteiger partial charge in [0.05, 0.1) is 16.1 Å². The number of carbonyl (C=O) groups is 1. The number of hydrogen-bond donors (Lipinski definition) is 0. The fraction of sp³-hybridized carbons (Fsp3) is 0.286. The summed E-state index contributed by atoms with van der Waals surface area (Å²) in [6, 6.07) is 0. The number of rotatable bonds is 0. The van der Waals surface area contributed by atoms with Gasteiger partial charge in [0.1, 0.15) is 11.4 Å². The molecule has 68 valence electrons. The quantitative estimate of drug-likeness (QED) is 0.549. The maximum Gasteiger partial charge on any atom is 0.258 e. The number of amides is 1. The van der Waals surface area contributed by atoms with Crippen molar-refractivity contribution in [2.75, 3.05) is 6.26 Å². The molecule has 0 N–H and O–H groups in total. The van der Waals surface area contributed by atoms with Crippen LogP contribution in [0.25, 0.3) is 0 Å². The highest BCUT2D eigenvalue weighted by Crippen LogP contribution is 2.19. The third kappa shape index (κ3) is 1.33. The second-order valence-corrected chi connectivity index (χ2v) is 4.99. The zero-order valence-electron chi connectivity index (χ0n) is 6.93. The van der Waals surface area contributed by atoms with Crippen LogP contribution in [-0.4, -0.2) is 26.3 Å². The van der Waals surface area contributed by atoms with E-state index in [9.17, 15) is 9.00 Å². The largest absolute Gasteiger partial charge is 0.272 e. The fourth-order valence-electron chi connectivity index (χ4n) is 1.24. The molecule has 5 nitrogen and oxygen atoms in total. The van der Waals surface area contributed by atoms with Gasteiger partial charge in [-0.05, 0) is 0 Å². The molecular weight excluding hydrogens is 190 g/mol. The van der Waals surface area contributed by atoms with Crippen LogP contribution in [-0.2, 0) is 20.9 Å². The van der Waals surface area contributed by atoms with Crippen LogP contribution in [0.15, 0.2) is 21.9 Å². The summed E-state index contributed by atoms with van der Waals surface area (Å²) in [6.45, 7) is 0. The lowest BCUT2D eigenvalue weighted by atomic mass is 10.2. The van der Waals surface area contributed by atoms with Gasteiger partial charge in [-0.2, -0.15) is 4.36 Å². The van der Waals surface area contributed by atoms with Crippen molar-refractivity contribution in [2.24, 2.45) is 4.36 Å². The summed E-state index contributed by atoms with van der Waals surface area (Å²) in [5.41, 5.74) is 0.620. The monoisotopic (exact) mass is 197 g/mol. The standard InChI is InChI=1S/C7H7N3O2S/c1-13(12)7-5(2-6(11)10-13)3-8-4-9-7/h3-4H,2H2,1H3. The van der Waals surface area contributed by atoms with Crippen LogP contribution in [0.2, 0.25) is 0 Å². The summed E-state index contributed by atoms with van der Waals surface area (Å²) in [5.74, 6) is -0.366. The molecule has 0 fully saturated rings. The molecule has 0 saturated heterocycles. The second kappa shape index (κ2) is 2.59. The van der Waals surface area contributed by atoms with Crippen LogP contribution in [0.3, 0.4) is 0 Å². The summed E-state index contributed by atoms with van der Waals surface area (Å²) in [7, 11) is -2.62. The van der Waals surface area contributed by atoms with Crippen LogP contribution in [0.1, 0.15) is 5.56 Å². The van der Waals surface area contributed by atoms with Gasteiger partial charge in [-0.3, -0.25) is 4.79 Å². The molecule has 1 aromatic heterocycles. The summed E-state index contributed by atoms with van der Waals surface area (Å²) in [4.78, 5) is 18.7. The zero-order valence-corrected chi connectivity index (χ0v) is 7.74. The smallest absolute Gasteiger partial charge is 0.258 e.